The summed E-state index contributed by atoms with van der Waals surface area (Å²) in [5.74, 6) is 0.530. The topological polar surface area (TPSA) is 67.9 Å². The number of nitrogens with one attached hydrogen (secondary N) is 1. The number of amides is 2. The monoisotopic (exact) mass is 414 g/mol. The average Bonchev–Trinajstić information content (AvgIpc) is 2.96. The van der Waals surface area contributed by atoms with Gasteiger partial charge >= 0.3 is 0 Å². The second-order valence-electron chi connectivity index (χ2n) is 5.82. The quantitative estimate of drug-likeness (QED) is 0.579. The number of carbonyl (C=O) groups is 2. The van der Waals surface area contributed by atoms with E-state index >= 15 is 0 Å². The summed E-state index contributed by atoms with van der Waals surface area (Å²) in [6.07, 6.45) is 1.82. The number of hydrazine groups is 1. The maximum Gasteiger partial charge on any atom is 0.285 e. The summed E-state index contributed by atoms with van der Waals surface area (Å²) in [6, 6.07) is 14.6. The van der Waals surface area contributed by atoms with Crippen LogP contribution in [0.2, 0.25) is 0 Å². The molecule has 28 heavy (non-hydrogen) atoms. The summed E-state index contributed by atoms with van der Waals surface area (Å²) in [5, 5.41) is 1.10. The highest BCUT2D eigenvalue weighted by molar-refractivity contribution is 8.26. The minimum atomic E-state index is -0.388. The Morgan fingerprint density at radius 2 is 1.93 bits per heavy atom. The fraction of sp³-hybridized carbons (Fsp3) is 0.150. The Morgan fingerprint density at radius 1 is 1.18 bits per heavy atom. The van der Waals surface area contributed by atoms with Gasteiger partial charge < -0.3 is 9.47 Å². The van der Waals surface area contributed by atoms with E-state index in [1.165, 1.54) is 0 Å². The van der Waals surface area contributed by atoms with Gasteiger partial charge in [-0.25, -0.2) is 0 Å². The Labute approximate surface area is 172 Å². The Hall–Kier alpha value is -2.84. The standard InChI is InChI=1S/C20H18N2O4S2/c1-25-15-8-9-16(26-2)14(11-15)12-17-19(24)22(20(27)28-17)21-18(23)10-13-6-4-3-5-7-13/h3-9,11-12H,10H2,1-2H3,(H,21,23)/b17-12-. The molecule has 0 radical (unpaired) electrons. The van der Waals surface area contributed by atoms with Gasteiger partial charge in [-0.2, -0.15) is 5.01 Å². The number of methoxy groups -OCH3 is 2. The van der Waals surface area contributed by atoms with Crippen LogP contribution in [-0.2, 0) is 16.0 Å². The van der Waals surface area contributed by atoms with Crippen molar-refractivity contribution in [2.24, 2.45) is 0 Å². The summed E-state index contributed by atoms with van der Waals surface area (Å²) in [5.41, 5.74) is 4.11. The van der Waals surface area contributed by atoms with Gasteiger partial charge in [-0.1, -0.05) is 42.1 Å². The second-order valence-corrected chi connectivity index (χ2v) is 7.50. The van der Waals surface area contributed by atoms with Crippen molar-refractivity contribution in [2.45, 2.75) is 6.42 Å². The summed E-state index contributed by atoms with van der Waals surface area (Å²) in [6.45, 7) is 0. The first-order chi connectivity index (χ1) is 13.5. The van der Waals surface area contributed by atoms with Crippen molar-refractivity contribution in [3.63, 3.8) is 0 Å². The number of ether oxygens (including phenoxy) is 2. The number of carbonyl (C=O) groups excluding carboxylic acids is 2. The number of thioether (sulfide) groups is 1. The molecule has 3 rings (SSSR count). The molecular formula is C20H18N2O4S2. The van der Waals surface area contributed by atoms with E-state index in [0.29, 0.717) is 22.0 Å². The molecule has 0 atom stereocenters. The minimum absolute atomic E-state index is 0.153. The van der Waals surface area contributed by atoms with Gasteiger partial charge in [-0.15, -0.1) is 0 Å². The lowest BCUT2D eigenvalue weighted by atomic mass is 10.1. The van der Waals surface area contributed by atoms with Crippen LogP contribution in [0.5, 0.6) is 11.5 Å². The first-order valence-electron chi connectivity index (χ1n) is 8.35. The predicted octanol–water partition coefficient (Wildman–Crippen LogP) is 3.18. The molecule has 8 heteroatoms. The van der Waals surface area contributed by atoms with Crippen molar-refractivity contribution in [1.29, 1.82) is 0 Å². The van der Waals surface area contributed by atoms with E-state index in [9.17, 15) is 9.59 Å². The molecule has 1 fully saturated rings. The number of rotatable bonds is 6. The molecule has 0 aliphatic carbocycles. The minimum Gasteiger partial charge on any atom is -0.497 e. The molecule has 2 aromatic carbocycles. The molecule has 1 aliphatic heterocycles. The van der Waals surface area contributed by atoms with Gasteiger partial charge in [0.2, 0.25) is 5.91 Å². The van der Waals surface area contributed by atoms with E-state index in [2.05, 4.69) is 5.43 Å². The largest absolute Gasteiger partial charge is 0.497 e. The summed E-state index contributed by atoms with van der Waals surface area (Å²) >= 11 is 6.38. The van der Waals surface area contributed by atoms with Crippen molar-refractivity contribution in [3.05, 3.63) is 64.6 Å². The molecule has 1 aliphatic rings. The number of thiocarbonyl (C=S) groups is 1. The zero-order valence-corrected chi connectivity index (χ0v) is 16.9. The third-order valence-corrected chi connectivity index (χ3v) is 5.26. The predicted molar refractivity (Wildman–Crippen MR) is 113 cm³/mol. The van der Waals surface area contributed by atoms with Gasteiger partial charge in [0.05, 0.1) is 25.5 Å². The van der Waals surface area contributed by atoms with E-state index in [0.717, 1.165) is 22.3 Å². The van der Waals surface area contributed by atoms with Crippen LogP contribution >= 0.6 is 24.0 Å². The third kappa shape index (κ3) is 4.52. The molecule has 0 aromatic heterocycles. The average molecular weight is 415 g/mol. The van der Waals surface area contributed by atoms with Crippen molar-refractivity contribution >= 4 is 46.2 Å². The van der Waals surface area contributed by atoms with Crippen LogP contribution in [0.15, 0.2) is 53.4 Å². The summed E-state index contributed by atoms with van der Waals surface area (Å²) < 4.78 is 10.8. The van der Waals surface area contributed by atoms with E-state index in [4.69, 9.17) is 21.7 Å². The highest BCUT2D eigenvalue weighted by Gasteiger charge is 2.33. The van der Waals surface area contributed by atoms with Gasteiger partial charge in [0.15, 0.2) is 4.32 Å². The highest BCUT2D eigenvalue weighted by Crippen LogP contribution is 2.34. The van der Waals surface area contributed by atoms with Crippen LogP contribution in [0.25, 0.3) is 6.08 Å². The van der Waals surface area contributed by atoms with Crippen LogP contribution in [0, 0.1) is 0 Å². The molecule has 0 unspecified atom stereocenters. The molecule has 1 saturated heterocycles. The molecular weight excluding hydrogens is 396 g/mol. The molecule has 0 saturated carbocycles. The van der Waals surface area contributed by atoms with Gasteiger partial charge in [0.25, 0.3) is 5.91 Å². The SMILES string of the molecule is COc1ccc(OC)c(/C=C2\SC(=S)N(NC(=O)Cc3ccccc3)C2=O)c1. The van der Waals surface area contributed by atoms with Crippen molar-refractivity contribution < 1.29 is 19.1 Å². The zero-order valence-electron chi connectivity index (χ0n) is 15.3. The smallest absolute Gasteiger partial charge is 0.285 e. The van der Waals surface area contributed by atoms with Crippen molar-refractivity contribution in [2.75, 3.05) is 14.2 Å². The maximum atomic E-state index is 12.7. The van der Waals surface area contributed by atoms with Gasteiger partial charge in [-0.3, -0.25) is 15.0 Å². The van der Waals surface area contributed by atoms with E-state index in [-0.39, 0.29) is 22.6 Å². The van der Waals surface area contributed by atoms with E-state index in [1.54, 1.807) is 38.5 Å². The highest BCUT2D eigenvalue weighted by atomic mass is 32.2. The van der Waals surface area contributed by atoms with Crippen LogP contribution in [0.1, 0.15) is 11.1 Å². The maximum absolute atomic E-state index is 12.7. The molecule has 2 amide bonds. The lowest BCUT2D eigenvalue weighted by molar-refractivity contribution is -0.132. The molecule has 1 heterocycles. The molecule has 1 N–H and O–H groups in total. The van der Waals surface area contributed by atoms with Gasteiger partial charge in [-0.05, 0) is 42.1 Å². The second kappa shape index (κ2) is 8.90. The van der Waals surface area contributed by atoms with Gasteiger partial charge in [0, 0.05) is 5.56 Å². The zero-order chi connectivity index (χ0) is 20.1. The summed E-state index contributed by atoms with van der Waals surface area (Å²) in [4.78, 5) is 25.4. The lowest BCUT2D eigenvalue weighted by Gasteiger charge is -2.15. The third-order valence-electron chi connectivity index (χ3n) is 3.96. The van der Waals surface area contributed by atoms with Crippen LogP contribution in [0.4, 0.5) is 0 Å². The number of nitrogens with zero attached hydrogens (tertiary/aromatic N) is 1. The molecule has 144 valence electrons. The molecule has 6 nitrogen and oxygen atoms in total. The fourth-order valence-electron chi connectivity index (χ4n) is 2.60. The van der Waals surface area contributed by atoms with E-state index < -0.39 is 0 Å². The molecule has 0 bridgehead atoms. The van der Waals surface area contributed by atoms with Crippen LogP contribution in [-0.4, -0.2) is 35.4 Å². The number of hydrogen-bond donors (Lipinski definition) is 1. The normalized spacial score (nSPS) is 15.1. The van der Waals surface area contributed by atoms with Gasteiger partial charge in [0.1, 0.15) is 11.5 Å². The first kappa shape index (κ1) is 19.9. The molecule has 2 aromatic rings. The molecule has 0 spiro atoms. The van der Waals surface area contributed by atoms with Crippen LogP contribution < -0.4 is 14.9 Å². The Morgan fingerprint density at radius 3 is 2.61 bits per heavy atom. The van der Waals surface area contributed by atoms with E-state index in [1.807, 2.05) is 30.3 Å². The lowest BCUT2D eigenvalue weighted by Crippen LogP contribution is -2.45. The summed E-state index contributed by atoms with van der Waals surface area (Å²) in [7, 11) is 3.11. The van der Waals surface area contributed by atoms with Crippen LogP contribution in [0.3, 0.4) is 0 Å². The van der Waals surface area contributed by atoms with Crippen molar-refractivity contribution in [3.8, 4) is 11.5 Å². The van der Waals surface area contributed by atoms with Crippen molar-refractivity contribution in [1.82, 2.24) is 10.4 Å². The number of benzene rings is 2. The fourth-order valence-corrected chi connectivity index (χ4v) is 3.77. The Kier molecular flexibility index (Phi) is 6.33. The Bertz CT molecular complexity index is 944. The number of hydrogen-bond acceptors (Lipinski definition) is 6. The Balaban J connectivity index is 1.76. The first-order valence-corrected chi connectivity index (χ1v) is 9.57.